The van der Waals surface area contributed by atoms with Crippen LogP contribution in [0.15, 0.2) is 48.8 Å². The smallest absolute Gasteiger partial charge is 0.303 e. The minimum atomic E-state index is -1.68. The first-order chi connectivity index (χ1) is 28.5. The summed E-state index contributed by atoms with van der Waals surface area (Å²) in [6.07, 6.45) is 2.52. The van der Waals surface area contributed by atoms with Crippen molar-refractivity contribution in [1.82, 2.24) is 41.9 Å². The maximum Gasteiger partial charge on any atom is 0.303 e. The molecule has 0 bridgehead atoms. The number of aliphatic hydroxyl groups excluding tert-OH is 1. The molecule has 0 aliphatic carbocycles. The number of amides is 6. The number of carbonyl (C=O) groups is 7. The van der Waals surface area contributed by atoms with Crippen molar-refractivity contribution in [2.24, 2.45) is 11.8 Å². The molecule has 1 aliphatic rings. The van der Waals surface area contributed by atoms with Crippen molar-refractivity contribution in [3.05, 3.63) is 70.0 Å². The molecular formula is C41H50Cl2N8O9. The summed E-state index contributed by atoms with van der Waals surface area (Å²) >= 11 is 12.5. The first-order valence-corrected chi connectivity index (χ1v) is 20.4. The third-order valence-corrected chi connectivity index (χ3v) is 11.2. The standard InChI is InChI=1S/C41H50Cl2N8O9/c1-5-20(4)35-41(60)50-34(19(2)3)40(59)46-28(10-11-33(53)54)36(55)49-32(18-52)39(58)48-30(13-22-17-44-27-9-7-23(42)14-26(22)27)37(56)47-31(38(57)51-35)12-21-16-45-29-15-24(43)6-8-25(21)29/h6-9,14-17,19-20,28,30-32,34-35,44-45,52H,5,10-13,18H2,1-4H3,(H,46,59)(H,47,56)(H,48,58)(H,49,55)(H,50,60)(H,51,57)(H,53,54)/t20-,28+,30+,31+,32+,34+,35-/m0/s1. The summed E-state index contributed by atoms with van der Waals surface area (Å²) in [5.41, 5.74) is 2.53. The van der Waals surface area contributed by atoms with Crippen molar-refractivity contribution in [2.75, 3.05) is 6.61 Å². The van der Waals surface area contributed by atoms with Crippen molar-refractivity contribution in [3.8, 4) is 0 Å². The highest BCUT2D eigenvalue weighted by Crippen LogP contribution is 2.25. The lowest BCUT2D eigenvalue weighted by Gasteiger charge is -2.31. The van der Waals surface area contributed by atoms with E-state index >= 15 is 0 Å². The first kappa shape index (κ1) is 45.4. The van der Waals surface area contributed by atoms with Crippen LogP contribution in [0.1, 0.15) is 58.1 Å². The molecule has 19 heteroatoms. The Morgan fingerprint density at radius 2 is 1.13 bits per heavy atom. The van der Waals surface area contributed by atoms with E-state index in [0.29, 0.717) is 49.4 Å². The lowest BCUT2D eigenvalue weighted by molar-refractivity contribution is -0.139. The molecular weight excluding hydrogens is 819 g/mol. The van der Waals surface area contributed by atoms with E-state index in [1.165, 1.54) is 0 Å². The molecule has 0 unspecified atom stereocenters. The highest BCUT2D eigenvalue weighted by Gasteiger charge is 2.37. The van der Waals surface area contributed by atoms with E-state index in [1.54, 1.807) is 69.6 Å². The summed E-state index contributed by atoms with van der Waals surface area (Å²) in [6, 6.07) is 1.80. The molecule has 60 heavy (non-hydrogen) atoms. The number of nitrogens with one attached hydrogen (secondary N) is 8. The van der Waals surface area contributed by atoms with Crippen molar-refractivity contribution in [1.29, 1.82) is 0 Å². The van der Waals surface area contributed by atoms with Crippen molar-refractivity contribution >= 4 is 86.4 Å². The van der Waals surface area contributed by atoms with E-state index in [9.17, 15) is 43.8 Å². The number of aliphatic hydroxyl groups is 1. The molecule has 4 aromatic rings. The number of H-pyrrole nitrogens is 2. The van der Waals surface area contributed by atoms with E-state index in [2.05, 4.69) is 41.9 Å². The molecule has 7 atom stereocenters. The lowest BCUT2D eigenvalue weighted by atomic mass is 9.95. The maximum absolute atomic E-state index is 14.5. The van der Waals surface area contributed by atoms with Gasteiger partial charge in [0, 0.05) is 63.5 Å². The first-order valence-electron chi connectivity index (χ1n) is 19.6. The second-order valence-corrected chi connectivity index (χ2v) is 16.3. The van der Waals surface area contributed by atoms with Gasteiger partial charge in [-0.05, 0) is 59.7 Å². The molecule has 2 aromatic heterocycles. The molecule has 1 aliphatic heterocycles. The van der Waals surface area contributed by atoms with Crippen molar-refractivity contribution in [2.45, 2.75) is 96.1 Å². The summed E-state index contributed by atoms with van der Waals surface area (Å²) in [5.74, 6) is -7.39. The Balaban J connectivity index is 1.60. The van der Waals surface area contributed by atoms with E-state index in [0.717, 1.165) is 0 Å². The number of benzene rings is 2. The quantitative estimate of drug-likeness (QED) is 0.106. The van der Waals surface area contributed by atoms with Gasteiger partial charge in [-0.1, -0.05) is 63.4 Å². The van der Waals surface area contributed by atoms with Gasteiger partial charge in [0.15, 0.2) is 0 Å². The average molecular weight is 870 g/mol. The summed E-state index contributed by atoms with van der Waals surface area (Å²) in [5, 5.41) is 37.8. The van der Waals surface area contributed by atoms with Gasteiger partial charge in [-0.2, -0.15) is 0 Å². The molecule has 3 heterocycles. The predicted molar refractivity (Wildman–Crippen MR) is 224 cm³/mol. The fraction of sp³-hybridized carbons (Fsp3) is 0.439. The minimum absolute atomic E-state index is 0.0819. The van der Waals surface area contributed by atoms with Gasteiger partial charge in [-0.25, -0.2) is 0 Å². The third kappa shape index (κ3) is 11.1. The molecule has 5 rings (SSSR count). The zero-order valence-electron chi connectivity index (χ0n) is 33.5. The Morgan fingerprint density at radius 3 is 1.75 bits per heavy atom. The largest absolute Gasteiger partial charge is 0.481 e. The van der Waals surface area contributed by atoms with Gasteiger partial charge in [-0.3, -0.25) is 33.6 Å². The Hall–Kier alpha value is -5.65. The molecule has 1 fully saturated rings. The van der Waals surface area contributed by atoms with E-state index in [4.69, 9.17) is 23.2 Å². The van der Waals surface area contributed by atoms with E-state index in [1.807, 2.05) is 6.92 Å². The van der Waals surface area contributed by atoms with Crippen LogP contribution in [0.5, 0.6) is 0 Å². The number of aliphatic carboxylic acids is 1. The summed E-state index contributed by atoms with van der Waals surface area (Å²) < 4.78 is 0. The lowest BCUT2D eigenvalue weighted by Crippen LogP contribution is -2.63. The topological polar surface area (TPSA) is 264 Å². The van der Waals surface area contributed by atoms with Crippen LogP contribution in [-0.4, -0.2) is 104 Å². The van der Waals surface area contributed by atoms with Crippen LogP contribution in [0, 0.1) is 11.8 Å². The number of carboxylic acids is 1. The summed E-state index contributed by atoms with van der Waals surface area (Å²) in [7, 11) is 0. The van der Waals surface area contributed by atoms with E-state index < -0.39 is 109 Å². The monoisotopic (exact) mass is 868 g/mol. The molecule has 2 aromatic carbocycles. The molecule has 322 valence electrons. The van der Waals surface area contributed by atoms with Crippen molar-refractivity contribution < 1.29 is 43.8 Å². The van der Waals surface area contributed by atoms with Crippen LogP contribution in [0.25, 0.3) is 21.8 Å². The Labute approximate surface area is 355 Å². The van der Waals surface area contributed by atoms with Gasteiger partial charge in [0.1, 0.15) is 36.3 Å². The SMILES string of the molecule is CC[C@H](C)[C@@H]1NC(=O)[C@@H](Cc2c[nH]c3cc(Cl)ccc23)NC(=O)[C@@H](Cc2c[nH]c3ccc(Cl)cc23)NC(=O)[C@@H](CO)NC(=O)[C@@H](CCC(=O)O)NC(=O)[C@@H](C(C)C)NC1=O. The van der Waals surface area contributed by atoms with E-state index in [-0.39, 0.29) is 12.8 Å². The summed E-state index contributed by atoms with van der Waals surface area (Å²) in [4.78, 5) is 102. The fourth-order valence-electron chi connectivity index (χ4n) is 7.05. The molecule has 0 saturated carbocycles. The number of halogens is 2. The second-order valence-electron chi connectivity index (χ2n) is 15.4. The van der Waals surface area contributed by atoms with Crippen molar-refractivity contribution in [3.63, 3.8) is 0 Å². The maximum atomic E-state index is 14.5. The number of aromatic nitrogens is 2. The van der Waals surface area contributed by atoms with Crippen LogP contribution in [-0.2, 0) is 46.4 Å². The molecule has 17 nitrogen and oxygen atoms in total. The van der Waals surface area contributed by atoms with Gasteiger partial charge >= 0.3 is 5.97 Å². The highest BCUT2D eigenvalue weighted by molar-refractivity contribution is 6.31. The van der Waals surface area contributed by atoms with Crippen LogP contribution < -0.4 is 31.9 Å². The Kier molecular flexibility index (Phi) is 15.2. The van der Waals surface area contributed by atoms with Crippen LogP contribution in [0.2, 0.25) is 10.0 Å². The van der Waals surface area contributed by atoms with Gasteiger partial charge in [0.2, 0.25) is 35.4 Å². The van der Waals surface area contributed by atoms with Gasteiger partial charge in [0.05, 0.1) is 6.61 Å². The minimum Gasteiger partial charge on any atom is -0.481 e. The van der Waals surface area contributed by atoms with Crippen LogP contribution in [0.4, 0.5) is 0 Å². The number of fused-ring (bicyclic) bond motifs is 2. The number of carbonyl (C=O) groups excluding carboxylic acids is 6. The number of hydrogen-bond acceptors (Lipinski definition) is 8. The third-order valence-electron chi connectivity index (χ3n) is 10.7. The molecule has 10 N–H and O–H groups in total. The van der Waals surface area contributed by atoms with Gasteiger partial charge in [0.25, 0.3) is 0 Å². The zero-order valence-corrected chi connectivity index (χ0v) is 35.0. The Morgan fingerprint density at radius 1 is 0.633 bits per heavy atom. The average Bonchev–Trinajstić information content (AvgIpc) is 3.79. The molecule has 0 spiro atoms. The second kappa shape index (κ2) is 20.1. The normalized spacial score (nSPS) is 23.2. The number of rotatable bonds is 11. The number of carboxylic acid groups (broad SMARTS) is 1. The van der Waals surface area contributed by atoms with Crippen LogP contribution in [0.3, 0.4) is 0 Å². The van der Waals surface area contributed by atoms with Gasteiger partial charge in [-0.15, -0.1) is 0 Å². The zero-order chi connectivity index (χ0) is 43.8. The predicted octanol–water partition coefficient (Wildman–Crippen LogP) is 2.22. The summed E-state index contributed by atoms with van der Waals surface area (Å²) in [6.45, 7) is 5.89. The Bertz CT molecular complexity index is 2260. The molecule has 0 radical (unpaired) electrons. The van der Waals surface area contributed by atoms with Crippen LogP contribution >= 0.6 is 23.2 Å². The number of hydrogen-bond donors (Lipinski definition) is 10. The highest BCUT2D eigenvalue weighted by atomic mass is 35.5. The molecule has 1 saturated heterocycles. The van der Waals surface area contributed by atoms with Gasteiger partial charge < -0.3 is 52.1 Å². The number of aromatic amines is 2. The molecule has 6 amide bonds. The fourth-order valence-corrected chi connectivity index (χ4v) is 7.39.